The topological polar surface area (TPSA) is 12.9 Å². The number of rotatable bonds is 2. The molecule has 2 rings (SSSR count). The van der Waals surface area contributed by atoms with E-state index in [1.54, 1.807) is 0 Å². The summed E-state index contributed by atoms with van der Waals surface area (Å²) >= 11 is 1.84. The Balaban J connectivity index is 2.13. The van der Waals surface area contributed by atoms with Gasteiger partial charge in [-0.05, 0) is 18.8 Å². The van der Waals surface area contributed by atoms with Crippen LogP contribution in [0.2, 0.25) is 0 Å². The standard InChI is InChI=1S/C9H13NS/c1-3-7-5-11-9(10-7)8-4-6(8)2/h5-6,8H,3-4H2,1-2H3. The molecule has 2 unspecified atom stereocenters. The lowest BCUT2D eigenvalue weighted by molar-refractivity contribution is 0.894. The van der Waals surface area contributed by atoms with Crippen LogP contribution in [0.15, 0.2) is 5.38 Å². The van der Waals surface area contributed by atoms with E-state index < -0.39 is 0 Å². The Kier molecular flexibility index (Phi) is 1.72. The first kappa shape index (κ1) is 7.29. The fourth-order valence-electron chi connectivity index (χ4n) is 1.32. The highest BCUT2D eigenvalue weighted by atomic mass is 32.1. The van der Waals surface area contributed by atoms with Gasteiger partial charge in [0.2, 0.25) is 0 Å². The third kappa shape index (κ3) is 1.32. The molecular weight excluding hydrogens is 154 g/mol. The van der Waals surface area contributed by atoms with Crippen molar-refractivity contribution < 1.29 is 0 Å². The van der Waals surface area contributed by atoms with Crippen molar-refractivity contribution in [3.63, 3.8) is 0 Å². The van der Waals surface area contributed by atoms with Gasteiger partial charge in [-0.1, -0.05) is 13.8 Å². The van der Waals surface area contributed by atoms with E-state index in [2.05, 4.69) is 24.2 Å². The van der Waals surface area contributed by atoms with E-state index in [9.17, 15) is 0 Å². The minimum atomic E-state index is 0.806. The van der Waals surface area contributed by atoms with Crippen LogP contribution in [0.1, 0.15) is 36.9 Å². The molecule has 60 valence electrons. The number of aromatic nitrogens is 1. The molecular formula is C9H13NS. The molecule has 1 aliphatic carbocycles. The van der Waals surface area contributed by atoms with Crippen molar-refractivity contribution in [1.82, 2.24) is 4.98 Å². The van der Waals surface area contributed by atoms with E-state index in [1.807, 2.05) is 11.3 Å². The second-order valence-corrected chi connectivity index (χ2v) is 4.24. The van der Waals surface area contributed by atoms with Crippen LogP contribution in [0.4, 0.5) is 0 Å². The van der Waals surface area contributed by atoms with Gasteiger partial charge in [0.15, 0.2) is 0 Å². The Bertz CT molecular complexity index is 254. The molecule has 1 aliphatic rings. The molecule has 2 atom stereocenters. The highest BCUT2D eigenvalue weighted by Gasteiger charge is 2.36. The quantitative estimate of drug-likeness (QED) is 0.660. The Morgan fingerprint density at radius 2 is 2.45 bits per heavy atom. The van der Waals surface area contributed by atoms with Crippen LogP contribution in [0.25, 0.3) is 0 Å². The van der Waals surface area contributed by atoms with Gasteiger partial charge in [0.25, 0.3) is 0 Å². The van der Waals surface area contributed by atoms with E-state index in [1.165, 1.54) is 17.1 Å². The highest BCUT2D eigenvalue weighted by Crippen LogP contribution is 2.47. The van der Waals surface area contributed by atoms with Crippen LogP contribution >= 0.6 is 11.3 Å². The molecule has 1 aromatic heterocycles. The number of thiazole rings is 1. The Hall–Kier alpha value is -0.370. The summed E-state index contributed by atoms with van der Waals surface area (Å²) in [5.74, 6) is 1.70. The molecule has 0 spiro atoms. The van der Waals surface area contributed by atoms with Crippen LogP contribution < -0.4 is 0 Å². The molecule has 0 N–H and O–H groups in total. The minimum absolute atomic E-state index is 0.806. The van der Waals surface area contributed by atoms with Crippen LogP contribution in [0.3, 0.4) is 0 Å². The summed E-state index contributed by atoms with van der Waals surface area (Å²) in [6, 6.07) is 0. The maximum Gasteiger partial charge on any atom is 0.0962 e. The molecule has 2 heteroatoms. The minimum Gasteiger partial charge on any atom is -0.246 e. The lowest BCUT2D eigenvalue weighted by Gasteiger charge is -1.87. The average molecular weight is 167 g/mol. The first-order valence-electron chi connectivity index (χ1n) is 4.25. The van der Waals surface area contributed by atoms with Crippen molar-refractivity contribution in [2.45, 2.75) is 32.6 Å². The zero-order chi connectivity index (χ0) is 7.84. The number of hydrogen-bond acceptors (Lipinski definition) is 2. The van der Waals surface area contributed by atoms with Crippen LogP contribution in [0.5, 0.6) is 0 Å². The summed E-state index contributed by atoms with van der Waals surface area (Å²) in [7, 11) is 0. The van der Waals surface area contributed by atoms with E-state index in [4.69, 9.17) is 0 Å². The van der Waals surface area contributed by atoms with Crippen molar-refractivity contribution in [2.24, 2.45) is 5.92 Å². The molecule has 1 fully saturated rings. The van der Waals surface area contributed by atoms with Crippen molar-refractivity contribution in [3.8, 4) is 0 Å². The fourth-order valence-corrected chi connectivity index (χ4v) is 2.47. The van der Waals surface area contributed by atoms with Crippen LogP contribution in [0, 0.1) is 5.92 Å². The monoisotopic (exact) mass is 167 g/mol. The Morgan fingerprint density at radius 3 is 2.91 bits per heavy atom. The van der Waals surface area contributed by atoms with Gasteiger partial charge >= 0.3 is 0 Å². The van der Waals surface area contributed by atoms with Gasteiger partial charge in [-0.3, -0.25) is 0 Å². The molecule has 0 aliphatic heterocycles. The zero-order valence-corrected chi connectivity index (χ0v) is 7.82. The van der Waals surface area contributed by atoms with Crippen molar-refractivity contribution >= 4 is 11.3 Å². The summed E-state index contributed by atoms with van der Waals surface area (Å²) in [5, 5.41) is 3.56. The molecule has 0 aromatic carbocycles. The zero-order valence-electron chi connectivity index (χ0n) is 7.00. The predicted octanol–water partition coefficient (Wildman–Crippen LogP) is 2.83. The first-order valence-corrected chi connectivity index (χ1v) is 5.13. The van der Waals surface area contributed by atoms with E-state index in [0.717, 1.165) is 18.3 Å². The summed E-state index contributed by atoms with van der Waals surface area (Å²) in [4.78, 5) is 4.56. The molecule has 0 amide bonds. The average Bonchev–Trinajstić information content (AvgIpc) is 2.59. The van der Waals surface area contributed by atoms with Gasteiger partial charge < -0.3 is 0 Å². The summed E-state index contributed by atoms with van der Waals surface area (Å²) in [5.41, 5.74) is 1.27. The summed E-state index contributed by atoms with van der Waals surface area (Å²) < 4.78 is 0. The number of nitrogens with zero attached hydrogens (tertiary/aromatic N) is 1. The molecule has 11 heavy (non-hydrogen) atoms. The first-order chi connectivity index (χ1) is 5.31. The van der Waals surface area contributed by atoms with Crippen LogP contribution in [-0.2, 0) is 6.42 Å². The SMILES string of the molecule is CCc1csc(C2CC2C)n1. The van der Waals surface area contributed by atoms with Gasteiger partial charge in [0, 0.05) is 11.3 Å². The fraction of sp³-hybridized carbons (Fsp3) is 0.667. The maximum atomic E-state index is 4.56. The number of aryl methyl sites for hydroxylation is 1. The Labute approximate surface area is 71.5 Å². The predicted molar refractivity (Wildman–Crippen MR) is 48.0 cm³/mol. The maximum absolute atomic E-state index is 4.56. The third-order valence-corrected chi connectivity index (χ3v) is 3.38. The van der Waals surface area contributed by atoms with Gasteiger partial charge in [-0.2, -0.15) is 0 Å². The van der Waals surface area contributed by atoms with E-state index in [-0.39, 0.29) is 0 Å². The third-order valence-electron chi connectivity index (χ3n) is 2.36. The van der Waals surface area contributed by atoms with Crippen molar-refractivity contribution in [1.29, 1.82) is 0 Å². The van der Waals surface area contributed by atoms with Gasteiger partial charge in [0.05, 0.1) is 10.7 Å². The van der Waals surface area contributed by atoms with E-state index >= 15 is 0 Å². The lowest BCUT2D eigenvalue weighted by atomic mass is 10.3. The molecule has 1 aromatic rings. The Morgan fingerprint density at radius 1 is 1.73 bits per heavy atom. The highest BCUT2D eigenvalue weighted by molar-refractivity contribution is 7.09. The molecule has 0 bridgehead atoms. The molecule has 0 saturated heterocycles. The lowest BCUT2D eigenvalue weighted by Crippen LogP contribution is -1.82. The van der Waals surface area contributed by atoms with Gasteiger partial charge in [0.1, 0.15) is 0 Å². The molecule has 1 saturated carbocycles. The van der Waals surface area contributed by atoms with Crippen LogP contribution in [-0.4, -0.2) is 4.98 Å². The smallest absolute Gasteiger partial charge is 0.0962 e. The summed E-state index contributed by atoms with van der Waals surface area (Å²) in [6.07, 6.45) is 2.44. The summed E-state index contributed by atoms with van der Waals surface area (Å²) in [6.45, 7) is 4.47. The molecule has 1 heterocycles. The number of hydrogen-bond donors (Lipinski definition) is 0. The van der Waals surface area contributed by atoms with Gasteiger partial charge in [-0.15, -0.1) is 11.3 Å². The van der Waals surface area contributed by atoms with E-state index in [0.29, 0.717) is 0 Å². The largest absolute Gasteiger partial charge is 0.246 e. The second kappa shape index (κ2) is 2.59. The molecule has 1 nitrogen and oxygen atoms in total. The normalized spacial score (nSPS) is 28.9. The van der Waals surface area contributed by atoms with Gasteiger partial charge in [-0.25, -0.2) is 4.98 Å². The van der Waals surface area contributed by atoms with Crippen molar-refractivity contribution in [3.05, 3.63) is 16.1 Å². The van der Waals surface area contributed by atoms with Crippen molar-refractivity contribution in [2.75, 3.05) is 0 Å². The second-order valence-electron chi connectivity index (χ2n) is 3.35. The molecule has 0 radical (unpaired) electrons.